The van der Waals surface area contributed by atoms with Crippen LogP contribution < -0.4 is 10.6 Å². The molecular weight excluding hydrogens is 368 g/mol. The highest BCUT2D eigenvalue weighted by molar-refractivity contribution is 6.30. The Morgan fingerprint density at radius 1 is 1.41 bits per heavy atom. The summed E-state index contributed by atoms with van der Waals surface area (Å²) in [6, 6.07) is 7.12. The van der Waals surface area contributed by atoms with Crippen LogP contribution >= 0.6 is 11.6 Å². The van der Waals surface area contributed by atoms with Crippen molar-refractivity contribution in [1.82, 2.24) is 20.4 Å². The maximum Gasteiger partial charge on any atom is 0.275 e. The molecule has 0 atom stereocenters. The van der Waals surface area contributed by atoms with Crippen LogP contribution in [0.3, 0.4) is 0 Å². The summed E-state index contributed by atoms with van der Waals surface area (Å²) >= 11 is 6.00. The SMILES string of the molecule is O=C(NC1CCC2(CC1)CNCCO2)c1nn(-c2cccc(Cl)c2)cc1O. The van der Waals surface area contributed by atoms with Gasteiger partial charge in [0, 0.05) is 24.2 Å². The number of ether oxygens (including phenoxy) is 1. The second-order valence-electron chi connectivity index (χ2n) is 7.24. The Labute approximate surface area is 162 Å². The number of carbonyl (C=O) groups is 1. The smallest absolute Gasteiger partial charge is 0.275 e. The summed E-state index contributed by atoms with van der Waals surface area (Å²) in [5.74, 6) is -0.517. The van der Waals surface area contributed by atoms with E-state index >= 15 is 0 Å². The van der Waals surface area contributed by atoms with Gasteiger partial charge in [-0.25, -0.2) is 4.68 Å². The second kappa shape index (κ2) is 7.50. The first kappa shape index (κ1) is 18.3. The Bertz CT molecular complexity index is 822. The summed E-state index contributed by atoms with van der Waals surface area (Å²) in [5.41, 5.74) is 0.611. The fraction of sp³-hybridized carbons (Fsp3) is 0.474. The maximum absolute atomic E-state index is 12.6. The lowest BCUT2D eigenvalue weighted by atomic mass is 9.81. The van der Waals surface area contributed by atoms with Crippen LogP contribution in [0, 0.1) is 0 Å². The number of rotatable bonds is 3. The minimum atomic E-state index is -0.364. The van der Waals surface area contributed by atoms with Crippen molar-refractivity contribution in [3.8, 4) is 11.4 Å². The Balaban J connectivity index is 1.40. The van der Waals surface area contributed by atoms with Gasteiger partial charge in [-0.3, -0.25) is 4.79 Å². The predicted octanol–water partition coefficient (Wildman–Crippen LogP) is 2.26. The van der Waals surface area contributed by atoms with Gasteiger partial charge in [-0.15, -0.1) is 0 Å². The molecule has 0 unspecified atom stereocenters. The Morgan fingerprint density at radius 3 is 2.93 bits per heavy atom. The molecule has 2 aromatic rings. The van der Waals surface area contributed by atoms with Crippen molar-refractivity contribution in [3.05, 3.63) is 41.2 Å². The molecule has 2 heterocycles. The number of amides is 1. The molecule has 4 rings (SSSR count). The minimum Gasteiger partial charge on any atom is -0.504 e. The van der Waals surface area contributed by atoms with Crippen molar-refractivity contribution in [3.63, 3.8) is 0 Å². The third kappa shape index (κ3) is 3.95. The lowest BCUT2D eigenvalue weighted by Crippen LogP contribution is -2.53. The van der Waals surface area contributed by atoms with Crippen molar-refractivity contribution in [2.75, 3.05) is 19.7 Å². The van der Waals surface area contributed by atoms with Crippen LogP contribution in [0.1, 0.15) is 36.2 Å². The Morgan fingerprint density at radius 2 is 2.22 bits per heavy atom. The van der Waals surface area contributed by atoms with Crippen molar-refractivity contribution < 1.29 is 14.6 Å². The number of hydrogen-bond donors (Lipinski definition) is 3. The van der Waals surface area contributed by atoms with Gasteiger partial charge in [0.15, 0.2) is 11.4 Å². The molecule has 2 fully saturated rings. The van der Waals surface area contributed by atoms with Crippen molar-refractivity contribution >= 4 is 17.5 Å². The van der Waals surface area contributed by atoms with E-state index in [1.54, 1.807) is 24.3 Å². The Hall–Kier alpha value is -2.09. The molecule has 0 radical (unpaired) electrons. The van der Waals surface area contributed by atoms with E-state index in [9.17, 15) is 9.90 Å². The highest BCUT2D eigenvalue weighted by Crippen LogP contribution is 2.33. The van der Waals surface area contributed by atoms with Crippen LogP contribution in [-0.4, -0.2) is 52.1 Å². The van der Waals surface area contributed by atoms with E-state index in [0.717, 1.165) is 45.4 Å². The van der Waals surface area contributed by atoms with E-state index in [0.29, 0.717) is 10.7 Å². The molecule has 1 aliphatic carbocycles. The number of aromatic nitrogens is 2. The van der Waals surface area contributed by atoms with Crippen LogP contribution in [0.4, 0.5) is 0 Å². The van der Waals surface area contributed by atoms with E-state index in [2.05, 4.69) is 15.7 Å². The molecule has 144 valence electrons. The van der Waals surface area contributed by atoms with Crippen molar-refractivity contribution in [2.24, 2.45) is 0 Å². The molecule has 1 aromatic heterocycles. The number of morpholine rings is 1. The number of benzene rings is 1. The molecule has 1 saturated carbocycles. The molecule has 1 amide bonds. The standard InChI is InChI=1S/C19H23ClN4O3/c20-13-2-1-3-15(10-13)24-11-16(25)17(23-24)18(26)22-14-4-6-19(7-5-14)12-21-8-9-27-19/h1-3,10-11,14,21,25H,4-9,12H2,(H,22,26). The lowest BCUT2D eigenvalue weighted by molar-refractivity contribution is -0.0908. The normalized spacial score (nSPS) is 25.4. The first-order chi connectivity index (χ1) is 13.0. The average Bonchev–Trinajstić information content (AvgIpc) is 3.06. The first-order valence-corrected chi connectivity index (χ1v) is 9.63. The number of hydrogen-bond acceptors (Lipinski definition) is 5. The largest absolute Gasteiger partial charge is 0.504 e. The van der Waals surface area contributed by atoms with Gasteiger partial charge >= 0.3 is 0 Å². The first-order valence-electron chi connectivity index (χ1n) is 9.25. The molecule has 1 aromatic carbocycles. The quantitative estimate of drug-likeness (QED) is 0.748. The molecular formula is C19H23ClN4O3. The molecule has 1 saturated heterocycles. The molecule has 27 heavy (non-hydrogen) atoms. The summed E-state index contributed by atoms with van der Waals surface area (Å²) in [7, 11) is 0. The van der Waals surface area contributed by atoms with Crippen molar-refractivity contribution in [1.29, 1.82) is 0 Å². The summed E-state index contributed by atoms with van der Waals surface area (Å²) in [5, 5.41) is 21.3. The van der Waals surface area contributed by atoms with Gasteiger partial charge in [-0.2, -0.15) is 5.10 Å². The molecule has 1 spiro atoms. The minimum absolute atomic E-state index is 0.0193. The third-order valence-corrected chi connectivity index (χ3v) is 5.58. The summed E-state index contributed by atoms with van der Waals surface area (Å²) in [6.07, 6.45) is 4.94. The van der Waals surface area contributed by atoms with Crippen LogP contribution in [0.15, 0.2) is 30.5 Å². The fourth-order valence-corrected chi connectivity index (χ4v) is 4.03. The van der Waals surface area contributed by atoms with Gasteiger partial charge in [0.2, 0.25) is 0 Å². The van der Waals surface area contributed by atoms with Crippen LogP contribution in [0.25, 0.3) is 5.69 Å². The molecule has 2 aliphatic rings. The Kier molecular flexibility index (Phi) is 5.08. The van der Waals surface area contributed by atoms with E-state index in [1.165, 1.54) is 10.9 Å². The van der Waals surface area contributed by atoms with E-state index in [4.69, 9.17) is 16.3 Å². The zero-order chi connectivity index (χ0) is 18.9. The topological polar surface area (TPSA) is 88.4 Å². The molecule has 7 nitrogen and oxygen atoms in total. The van der Waals surface area contributed by atoms with Gasteiger partial charge in [-0.05, 0) is 43.9 Å². The number of aromatic hydroxyl groups is 1. The van der Waals surface area contributed by atoms with Gasteiger partial charge in [0.1, 0.15) is 0 Å². The zero-order valence-corrected chi connectivity index (χ0v) is 15.7. The highest BCUT2D eigenvalue weighted by atomic mass is 35.5. The lowest BCUT2D eigenvalue weighted by Gasteiger charge is -2.42. The van der Waals surface area contributed by atoms with Crippen LogP contribution in [0.5, 0.6) is 5.75 Å². The zero-order valence-electron chi connectivity index (χ0n) is 14.9. The van der Waals surface area contributed by atoms with E-state index in [-0.39, 0.29) is 29.0 Å². The number of carbonyl (C=O) groups excluding carboxylic acids is 1. The fourth-order valence-electron chi connectivity index (χ4n) is 3.85. The predicted molar refractivity (Wildman–Crippen MR) is 102 cm³/mol. The summed E-state index contributed by atoms with van der Waals surface area (Å²) < 4.78 is 7.44. The van der Waals surface area contributed by atoms with E-state index < -0.39 is 0 Å². The van der Waals surface area contributed by atoms with E-state index in [1.807, 2.05) is 0 Å². The number of nitrogens with zero attached hydrogens (tertiary/aromatic N) is 2. The van der Waals surface area contributed by atoms with Gasteiger partial charge in [0.25, 0.3) is 5.91 Å². The summed E-state index contributed by atoms with van der Waals surface area (Å²) in [6.45, 7) is 2.51. The van der Waals surface area contributed by atoms with Crippen LogP contribution in [-0.2, 0) is 4.74 Å². The van der Waals surface area contributed by atoms with Crippen LogP contribution in [0.2, 0.25) is 5.02 Å². The average molecular weight is 391 g/mol. The molecule has 0 bridgehead atoms. The van der Waals surface area contributed by atoms with Gasteiger partial charge in [-0.1, -0.05) is 17.7 Å². The highest BCUT2D eigenvalue weighted by Gasteiger charge is 2.38. The molecule has 1 aliphatic heterocycles. The number of nitrogens with one attached hydrogen (secondary N) is 2. The monoisotopic (exact) mass is 390 g/mol. The van der Waals surface area contributed by atoms with Gasteiger partial charge in [0.05, 0.1) is 24.1 Å². The maximum atomic E-state index is 12.6. The molecule has 8 heteroatoms. The molecule has 3 N–H and O–H groups in total. The van der Waals surface area contributed by atoms with Gasteiger partial charge < -0.3 is 20.5 Å². The number of halogens is 1. The summed E-state index contributed by atoms with van der Waals surface area (Å²) in [4.78, 5) is 12.6. The van der Waals surface area contributed by atoms with Crippen molar-refractivity contribution in [2.45, 2.75) is 37.3 Å². The third-order valence-electron chi connectivity index (χ3n) is 5.35. The second-order valence-corrected chi connectivity index (χ2v) is 7.68.